The molecule has 5 aliphatic rings. The van der Waals surface area contributed by atoms with Gasteiger partial charge in [0.05, 0.1) is 36.3 Å². The molecule has 3 N–H and O–H groups in total. The van der Waals surface area contributed by atoms with Gasteiger partial charge in [0, 0.05) is 30.2 Å². The zero-order valence-corrected chi connectivity index (χ0v) is 37.5. The van der Waals surface area contributed by atoms with Crippen LogP contribution in [0.4, 0.5) is 4.79 Å². The van der Waals surface area contributed by atoms with Crippen LogP contribution in [0, 0.1) is 22.7 Å². The normalized spacial score (nSPS) is 33.6. The highest BCUT2D eigenvalue weighted by Gasteiger charge is 2.77. The molecule has 0 aromatic heterocycles. The van der Waals surface area contributed by atoms with Crippen molar-refractivity contribution in [2.45, 2.75) is 134 Å². The fourth-order valence-electron chi connectivity index (χ4n) is 11.3. The van der Waals surface area contributed by atoms with Gasteiger partial charge in [-0.15, -0.1) is 0 Å². The van der Waals surface area contributed by atoms with E-state index in [1.54, 1.807) is 88.4 Å². The summed E-state index contributed by atoms with van der Waals surface area (Å²) in [6.45, 7) is 14.0. The van der Waals surface area contributed by atoms with Crippen LogP contribution in [0.2, 0.25) is 0 Å². The van der Waals surface area contributed by atoms with Gasteiger partial charge in [0.2, 0.25) is 0 Å². The van der Waals surface area contributed by atoms with Crippen LogP contribution >= 0.6 is 0 Å². The molecule has 2 bridgehead atoms. The van der Waals surface area contributed by atoms with E-state index in [2.05, 4.69) is 5.32 Å². The van der Waals surface area contributed by atoms with Gasteiger partial charge in [-0.05, 0) is 68.4 Å². The average Bonchev–Trinajstić information content (AvgIpc) is 3.24. The third-order valence-corrected chi connectivity index (χ3v) is 14.2. The van der Waals surface area contributed by atoms with Gasteiger partial charge in [0.25, 0.3) is 0 Å². The lowest BCUT2D eigenvalue weighted by Crippen LogP contribution is -2.81. The quantitative estimate of drug-likeness (QED) is 0.117. The fourth-order valence-corrected chi connectivity index (χ4v) is 11.3. The van der Waals surface area contributed by atoms with Crippen molar-refractivity contribution in [2.75, 3.05) is 6.61 Å². The second-order valence-corrected chi connectivity index (χ2v) is 19.6. The first-order valence-corrected chi connectivity index (χ1v) is 22.0. The molecule has 1 amide bonds. The minimum absolute atomic E-state index is 0.0143. The van der Waals surface area contributed by atoms with Crippen molar-refractivity contribution in [3.05, 3.63) is 119 Å². The van der Waals surface area contributed by atoms with E-state index in [1.165, 1.54) is 6.92 Å². The molecule has 0 spiro atoms. The number of alkyl carbamates (subject to hydrolysis) is 1. The van der Waals surface area contributed by atoms with E-state index < -0.39 is 113 Å². The first-order valence-electron chi connectivity index (χ1n) is 22.0. The van der Waals surface area contributed by atoms with Crippen LogP contribution in [0.25, 0.3) is 0 Å². The Hall–Kier alpha value is -5.12. The lowest BCUT2D eigenvalue weighted by Gasteiger charge is -2.70. The molecule has 4 fully saturated rings. The van der Waals surface area contributed by atoms with Crippen molar-refractivity contribution in [1.29, 1.82) is 0 Å². The SMILES string of the molecule is CC(=O)O[C@@]12CO[C@@H]1C[C@@H]1OC(c3ccccc3)O[C@H]3[C@H](O)C4=C(C)[C@@H](OC(=O)[C@H](O)[C@@H](NC(=O)OC(C)(C)C)c5ccccc5)C[C@@H]([C@H](OC(=O)c5ccccc5)[C@H]2[C@@]13C)C4(C)C. The maximum atomic E-state index is 14.5. The number of fused-ring (bicyclic) bond motifs is 4. The van der Waals surface area contributed by atoms with Gasteiger partial charge < -0.3 is 48.7 Å². The second-order valence-electron chi connectivity index (χ2n) is 19.6. The van der Waals surface area contributed by atoms with Gasteiger partial charge in [-0.25, -0.2) is 14.4 Å². The lowest BCUT2D eigenvalue weighted by molar-refractivity contribution is -0.407. The van der Waals surface area contributed by atoms with Gasteiger partial charge >= 0.3 is 24.0 Å². The Bertz CT molecular complexity index is 2260. The molecule has 3 aromatic rings. The molecule has 8 rings (SSSR count). The van der Waals surface area contributed by atoms with Gasteiger partial charge in [-0.2, -0.15) is 0 Å². The van der Waals surface area contributed by atoms with E-state index in [-0.39, 0.29) is 18.6 Å². The Balaban J connectivity index is 1.26. The fraction of sp³-hybridized carbons (Fsp3) is 0.520. The van der Waals surface area contributed by atoms with Crippen molar-refractivity contribution >= 4 is 24.0 Å². The summed E-state index contributed by atoms with van der Waals surface area (Å²) >= 11 is 0. The van der Waals surface area contributed by atoms with Crippen molar-refractivity contribution in [1.82, 2.24) is 5.32 Å². The number of benzene rings is 3. The van der Waals surface area contributed by atoms with Gasteiger partial charge in [-0.3, -0.25) is 4.79 Å². The molecule has 2 aliphatic heterocycles. The van der Waals surface area contributed by atoms with E-state index >= 15 is 0 Å². The molecule has 14 heteroatoms. The Kier molecular flexibility index (Phi) is 12.1. The zero-order chi connectivity index (χ0) is 45.9. The minimum atomic E-state index is -1.91. The summed E-state index contributed by atoms with van der Waals surface area (Å²) in [5, 5.41) is 27.6. The van der Waals surface area contributed by atoms with Crippen LogP contribution in [-0.2, 0) is 42.7 Å². The van der Waals surface area contributed by atoms with E-state index in [9.17, 15) is 29.4 Å². The first-order chi connectivity index (χ1) is 30.3. The van der Waals surface area contributed by atoms with E-state index in [0.717, 1.165) is 0 Å². The Labute approximate surface area is 373 Å². The maximum Gasteiger partial charge on any atom is 0.408 e. The molecule has 64 heavy (non-hydrogen) atoms. The van der Waals surface area contributed by atoms with Crippen LogP contribution in [0.1, 0.15) is 102 Å². The summed E-state index contributed by atoms with van der Waals surface area (Å²) < 4.78 is 45.1. The molecule has 342 valence electrons. The number of amides is 1. The van der Waals surface area contributed by atoms with Crippen molar-refractivity contribution in [3.8, 4) is 0 Å². The molecular weight excluding hydrogens is 823 g/mol. The molecule has 14 nitrogen and oxygen atoms in total. The molecule has 2 heterocycles. The monoisotopic (exact) mass is 881 g/mol. The average molecular weight is 882 g/mol. The summed E-state index contributed by atoms with van der Waals surface area (Å²) in [5.74, 6) is -3.84. The van der Waals surface area contributed by atoms with E-state index in [4.69, 9.17) is 33.2 Å². The van der Waals surface area contributed by atoms with E-state index in [0.29, 0.717) is 28.7 Å². The molecule has 3 aromatic carbocycles. The minimum Gasteiger partial charge on any atom is -0.458 e. The van der Waals surface area contributed by atoms with Gasteiger partial charge in [0.15, 0.2) is 18.0 Å². The highest BCUT2D eigenvalue weighted by atomic mass is 16.7. The number of hydrogen-bond acceptors (Lipinski definition) is 13. The Morgan fingerprint density at radius 2 is 1.47 bits per heavy atom. The molecule has 0 radical (unpaired) electrons. The maximum absolute atomic E-state index is 14.5. The number of aliphatic hydroxyl groups excluding tert-OH is 2. The predicted molar refractivity (Wildman–Crippen MR) is 230 cm³/mol. The number of nitrogens with one attached hydrogen (secondary N) is 1. The van der Waals surface area contributed by atoms with Gasteiger partial charge in [0.1, 0.15) is 30.0 Å². The first kappa shape index (κ1) is 45.4. The third-order valence-electron chi connectivity index (χ3n) is 14.2. The number of carbonyl (C=O) groups is 4. The number of hydrogen-bond donors (Lipinski definition) is 3. The number of ether oxygens (including phenoxy) is 7. The third kappa shape index (κ3) is 8.01. The number of esters is 3. The van der Waals surface area contributed by atoms with Crippen LogP contribution in [-0.4, -0.2) is 94.8 Å². The van der Waals surface area contributed by atoms with Crippen LogP contribution < -0.4 is 5.32 Å². The topological polar surface area (TPSA) is 185 Å². The summed E-state index contributed by atoms with van der Waals surface area (Å²) in [6, 6.07) is 25.2. The molecule has 1 unspecified atom stereocenters. The zero-order valence-electron chi connectivity index (χ0n) is 37.5. The van der Waals surface area contributed by atoms with Crippen LogP contribution in [0.15, 0.2) is 102 Å². The highest BCUT2D eigenvalue weighted by molar-refractivity contribution is 5.89. The van der Waals surface area contributed by atoms with E-state index in [1.807, 2.05) is 51.1 Å². The second kappa shape index (κ2) is 17.0. The highest BCUT2D eigenvalue weighted by Crippen LogP contribution is 2.66. The molecule has 2 saturated carbocycles. The largest absolute Gasteiger partial charge is 0.458 e. The van der Waals surface area contributed by atoms with Crippen molar-refractivity contribution < 1.29 is 62.5 Å². The standard InChI is InChI=1S/C50H59NO13/c1-27-33(59-44(56)39(54)37(29-18-12-9-13-19-29)51-46(57)64-47(3,4)5)24-32-40(61-43(55)30-20-14-10-15-21-30)41-49(8)34(25-35-50(41,26-58-35)63-28(2)52)60-45(31-22-16-11-17-23-31)62-42(49)38(53)36(27)48(32,6)7/h9-23,32-35,37-42,45,53-54H,24-26H2,1-8H3,(H,51,57)/t32-,33-,34-,35+,37-,38+,39+,40-,41-,42-,45?,49+,50-/m0/s1. The summed E-state index contributed by atoms with van der Waals surface area (Å²) in [6.07, 6.45) is -9.21. The van der Waals surface area contributed by atoms with Crippen molar-refractivity contribution in [2.24, 2.45) is 22.7 Å². The summed E-state index contributed by atoms with van der Waals surface area (Å²) in [4.78, 5) is 55.2. The number of carbonyl (C=O) groups excluding carboxylic acids is 4. The molecular formula is C50H59NO13. The number of rotatable bonds is 9. The van der Waals surface area contributed by atoms with Crippen LogP contribution in [0.3, 0.4) is 0 Å². The number of aliphatic hydroxyl groups is 2. The summed E-state index contributed by atoms with van der Waals surface area (Å²) in [7, 11) is 0. The molecule has 2 saturated heterocycles. The van der Waals surface area contributed by atoms with Crippen molar-refractivity contribution in [3.63, 3.8) is 0 Å². The predicted octanol–water partition coefficient (Wildman–Crippen LogP) is 6.70. The van der Waals surface area contributed by atoms with Gasteiger partial charge in [-0.1, -0.05) is 99.6 Å². The molecule has 13 atom stereocenters. The smallest absolute Gasteiger partial charge is 0.408 e. The Morgan fingerprint density at radius 1 is 0.844 bits per heavy atom. The summed E-state index contributed by atoms with van der Waals surface area (Å²) in [5.41, 5.74) is -1.90. The lowest BCUT2D eigenvalue weighted by atomic mass is 9.45. The molecule has 3 aliphatic carbocycles. The Morgan fingerprint density at radius 3 is 2.06 bits per heavy atom. The van der Waals surface area contributed by atoms with Crippen LogP contribution in [0.5, 0.6) is 0 Å².